The maximum atomic E-state index is 12.8. The maximum absolute atomic E-state index is 12.8. The zero-order valence-corrected chi connectivity index (χ0v) is 16.2. The van der Waals surface area contributed by atoms with E-state index in [1.165, 1.54) is 10.7 Å². The SMILES string of the molecule is CCOC(=O)c1nn(-c2ccccc2C)c(=O)cc1N[C@H](C)c1ccccc1. The molecule has 3 aromatic rings. The highest BCUT2D eigenvalue weighted by molar-refractivity contribution is 5.93. The number of nitrogens with one attached hydrogen (secondary N) is 1. The van der Waals surface area contributed by atoms with E-state index in [2.05, 4.69) is 10.4 Å². The summed E-state index contributed by atoms with van der Waals surface area (Å²) >= 11 is 0. The smallest absolute Gasteiger partial charge is 0.360 e. The third kappa shape index (κ3) is 4.11. The monoisotopic (exact) mass is 377 g/mol. The van der Waals surface area contributed by atoms with Crippen LogP contribution in [-0.2, 0) is 4.74 Å². The summed E-state index contributed by atoms with van der Waals surface area (Å²) in [4.78, 5) is 25.3. The Morgan fingerprint density at radius 3 is 2.50 bits per heavy atom. The average Bonchev–Trinajstić information content (AvgIpc) is 2.69. The fraction of sp³-hybridized carbons (Fsp3) is 0.227. The quantitative estimate of drug-likeness (QED) is 0.660. The van der Waals surface area contributed by atoms with E-state index >= 15 is 0 Å². The molecule has 0 saturated heterocycles. The van der Waals surface area contributed by atoms with Crippen LogP contribution >= 0.6 is 0 Å². The minimum Gasteiger partial charge on any atom is -0.461 e. The van der Waals surface area contributed by atoms with Crippen LogP contribution in [0.25, 0.3) is 5.69 Å². The van der Waals surface area contributed by atoms with E-state index in [0.29, 0.717) is 11.4 Å². The van der Waals surface area contributed by atoms with Crippen molar-refractivity contribution in [3.63, 3.8) is 0 Å². The fourth-order valence-corrected chi connectivity index (χ4v) is 2.95. The lowest BCUT2D eigenvalue weighted by molar-refractivity contribution is 0.0518. The molecule has 2 aromatic carbocycles. The number of carbonyl (C=O) groups is 1. The standard InChI is InChI=1S/C22H23N3O3/c1-4-28-22(27)21-18(23-16(3)17-11-6-5-7-12-17)14-20(26)25(24-21)19-13-9-8-10-15(19)2/h5-14,16,23H,4H2,1-3H3/t16-/m1/s1. The number of hydrogen-bond acceptors (Lipinski definition) is 5. The lowest BCUT2D eigenvalue weighted by Crippen LogP contribution is -2.27. The van der Waals surface area contributed by atoms with E-state index in [4.69, 9.17) is 4.74 Å². The summed E-state index contributed by atoms with van der Waals surface area (Å²) in [7, 11) is 0. The summed E-state index contributed by atoms with van der Waals surface area (Å²) < 4.78 is 6.40. The van der Waals surface area contributed by atoms with Gasteiger partial charge in [-0.15, -0.1) is 0 Å². The van der Waals surface area contributed by atoms with Crippen LogP contribution in [0.15, 0.2) is 65.5 Å². The molecule has 0 amide bonds. The molecular formula is C22H23N3O3. The topological polar surface area (TPSA) is 73.2 Å². The van der Waals surface area contributed by atoms with Crippen molar-refractivity contribution in [3.8, 4) is 5.69 Å². The van der Waals surface area contributed by atoms with Crippen molar-refractivity contribution in [2.45, 2.75) is 26.8 Å². The van der Waals surface area contributed by atoms with Crippen LogP contribution in [0.2, 0.25) is 0 Å². The number of anilines is 1. The number of aromatic nitrogens is 2. The summed E-state index contributed by atoms with van der Waals surface area (Å²) in [5.74, 6) is -0.576. The number of benzene rings is 2. The Morgan fingerprint density at radius 2 is 1.82 bits per heavy atom. The number of aryl methyl sites for hydroxylation is 1. The molecule has 6 heteroatoms. The molecular weight excluding hydrogens is 354 g/mol. The molecule has 0 fully saturated rings. The van der Waals surface area contributed by atoms with Gasteiger partial charge in [0.2, 0.25) is 0 Å². The molecule has 0 aliphatic carbocycles. The van der Waals surface area contributed by atoms with Gasteiger partial charge >= 0.3 is 5.97 Å². The Hall–Kier alpha value is -3.41. The second-order valence-electron chi connectivity index (χ2n) is 6.44. The van der Waals surface area contributed by atoms with Crippen LogP contribution in [0.4, 0.5) is 5.69 Å². The highest BCUT2D eigenvalue weighted by Gasteiger charge is 2.20. The van der Waals surface area contributed by atoms with Crippen molar-refractivity contribution < 1.29 is 9.53 Å². The predicted octanol–water partition coefficient (Wildman–Crippen LogP) is 3.89. The van der Waals surface area contributed by atoms with Crippen LogP contribution in [0, 0.1) is 6.92 Å². The van der Waals surface area contributed by atoms with E-state index < -0.39 is 5.97 Å². The van der Waals surface area contributed by atoms with Crippen molar-refractivity contribution >= 4 is 11.7 Å². The van der Waals surface area contributed by atoms with Gasteiger partial charge in [-0.3, -0.25) is 4.79 Å². The first-order valence-electron chi connectivity index (χ1n) is 9.20. The van der Waals surface area contributed by atoms with Gasteiger partial charge in [0, 0.05) is 12.1 Å². The number of esters is 1. The van der Waals surface area contributed by atoms with Gasteiger partial charge in [-0.05, 0) is 38.0 Å². The zero-order valence-electron chi connectivity index (χ0n) is 16.2. The zero-order chi connectivity index (χ0) is 20.1. The van der Waals surface area contributed by atoms with Crippen molar-refractivity contribution in [2.75, 3.05) is 11.9 Å². The summed E-state index contributed by atoms with van der Waals surface area (Å²) in [5, 5.41) is 7.56. The minimum atomic E-state index is -0.576. The average molecular weight is 377 g/mol. The van der Waals surface area contributed by atoms with Crippen molar-refractivity contribution in [2.24, 2.45) is 0 Å². The largest absolute Gasteiger partial charge is 0.461 e. The van der Waals surface area contributed by atoms with E-state index in [9.17, 15) is 9.59 Å². The van der Waals surface area contributed by atoms with E-state index in [-0.39, 0.29) is 23.9 Å². The molecule has 0 bridgehead atoms. The van der Waals surface area contributed by atoms with Gasteiger partial charge in [-0.1, -0.05) is 48.5 Å². The Labute approximate surface area is 163 Å². The normalized spacial score (nSPS) is 11.7. The van der Waals surface area contributed by atoms with Gasteiger partial charge in [0.05, 0.1) is 18.0 Å². The van der Waals surface area contributed by atoms with Crippen molar-refractivity contribution in [1.82, 2.24) is 9.78 Å². The number of ether oxygens (including phenoxy) is 1. The molecule has 1 N–H and O–H groups in total. The molecule has 28 heavy (non-hydrogen) atoms. The van der Waals surface area contributed by atoms with Crippen LogP contribution in [0.3, 0.4) is 0 Å². The molecule has 0 unspecified atom stereocenters. The maximum Gasteiger partial charge on any atom is 0.360 e. The highest BCUT2D eigenvalue weighted by Crippen LogP contribution is 2.21. The van der Waals surface area contributed by atoms with Gasteiger partial charge < -0.3 is 10.1 Å². The second-order valence-corrected chi connectivity index (χ2v) is 6.44. The third-order valence-corrected chi connectivity index (χ3v) is 4.42. The van der Waals surface area contributed by atoms with Gasteiger partial charge in [-0.2, -0.15) is 9.78 Å². The number of carbonyl (C=O) groups excluding carboxylic acids is 1. The summed E-state index contributed by atoms with van der Waals surface area (Å²) in [6.07, 6.45) is 0. The second kappa shape index (κ2) is 8.52. The predicted molar refractivity (Wildman–Crippen MR) is 109 cm³/mol. The van der Waals surface area contributed by atoms with Gasteiger partial charge in [-0.25, -0.2) is 4.79 Å². The van der Waals surface area contributed by atoms with Crippen LogP contribution in [-0.4, -0.2) is 22.4 Å². The number of para-hydroxylation sites is 1. The van der Waals surface area contributed by atoms with E-state index in [0.717, 1.165) is 11.1 Å². The molecule has 6 nitrogen and oxygen atoms in total. The minimum absolute atomic E-state index is 0.0764. The van der Waals surface area contributed by atoms with E-state index in [1.807, 2.05) is 62.4 Å². The molecule has 144 valence electrons. The number of rotatable bonds is 6. The Kier molecular flexibility index (Phi) is 5.89. The Bertz CT molecular complexity index is 1030. The number of nitrogens with zero attached hydrogens (tertiary/aromatic N) is 2. The number of hydrogen-bond donors (Lipinski definition) is 1. The first kappa shape index (κ1) is 19.4. The Balaban J connectivity index is 2.07. The Morgan fingerprint density at radius 1 is 1.14 bits per heavy atom. The summed E-state index contributed by atoms with van der Waals surface area (Å²) in [5.41, 5.74) is 2.63. The van der Waals surface area contributed by atoms with E-state index in [1.54, 1.807) is 13.0 Å². The molecule has 0 saturated carbocycles. The lowest BCUT2D eigenvalue weighted by atomic mass is 10.1. The van der Waals surface area contributed by atoms with Crippen LogP contribution in [0.5, 0.6) is 0 Å². The third-order valence-electron chi connectivity index (χ3n) is 4.42. The molecule has 1 heterocycles. The fourth-order valence-electron chi connectivity index (χ4n) is 2.95. The molecule has 1 aromatic heterocycles. The van der Waals surface area contributed by atoms with Crippen molar-refractivity contribution in [1.29, 1.82) is 0 Å². The van der Waals surface area contributed by atoms with Gasteiger partial charge in [0.1, 0.15) is 0 Å². The molecule has 0 spiro atoms. The van der Waals surface area contributed by atoms with Crippen LogP contribution in [0.1, 0.15) is 41.5 Å². The molecule has 0 aliphatic heterocycles. The molecule has 0 aliphatic rings. The van der Waals surface area contributed by atoms with Crippen LogP contribution < -0.4 is 10.9 Å². The summed E-state index contributed by atoms with van der Waals surface area (Å²) in [6.45, 7) is 5.79. The molecule has 1 atom stereocenters. The first-order chi connectivity index (χ1) is 13.5. The molecule has 0 radical (unpaired) electrons. The lowest BCUT2D eigenvalue weighted by Gasteiger charge is -2.18. The van der Waals surface area contributed by atoms with Gasteiger partial charge in [0.15, 0.2) is 5.69 Å². The van der Waals surface area contributed by atoms with Gasteiger partial charge in [0.25, 0.3) is 5.56 Å². The first-order valence-corrected chi connectivity index (χ1v) is 9.20. The molecule has 3 rings (SSSR count). The van der Waals surface area contributed by atoms with Crippen molar-refractivity contribution in [3.05, 3.63) is 87.8 Å². The summed E-state index contributed by atoms with van der Waals surface area (Å²) in [6, 6.07) is 18.4. The highest BCUT2D eigenvalue weighted by atomic mass is 16.5.